The van der Waals surface area contributed by atoms with Crippen molar-refractivity contribution in [2.24, 2.45) is 0 Å². The second-order valence-electron chi connectivity index (χ2n) is 5.69. The molecule has 22 heavy (non-hydrogen) atoms. The molecule has 120 valence electrons. The first-order valence-corrected chi connectivity index (χ1v) is 7.82. The SMILES string of the molecule is CCCc1nc2n(n1)[C@@H](C(=O)NC[C@@H]1CCCO1)CC(=O)N2. The number of amides is 2. The first-order chi connectivity index (χ1) is 10.7. The summed E-state index contributed by atoms with van der Waals surface area (Å²) < 4.78 is 7.01. The van der Waals surface area contributed by atoms with E-state index in [1.54, 1.807) is 0 Å². The highest BCUT2D eigenvalue weighted by Crippen LogP contribution is 2.23. The number of carbonyl (C=O) groups is 2. The fourth-order valence-corrected chi connectivity index (χ4v) is 2.78. The van der Waals surface area contributed by atoms with Crippen LogP contribution in [0.4, 0.5) is 5.95 Å². The molecule has 2 aliphatic rings. The van der Waals surface area contributed by atoms with E-state index in [0.717, 1.165) is 32.3 Å². The molecule has 3 rings (SSSR count). The Labute approximate surface area is 128 Å². The van der Waals surface area contributed by atoms with E-state index in [2.05, 4.69) is 20.7 Å². The smallest absolute Gasteiger partial charge is 0.245 e. The normalized spacial score (nSPS) is 24.0. The molecule has 1 fully saturated rings. The minimum atomic E-state index is -0.636. The minimum absolute atomic E-state index is 0.0761. The number of anilines is 1. The third-order valence-electron chi connectivity index (χ3n) is 3.90. The predicted molar refractivity (Wildman–Crippen MR) is 78.3 cm³/mol. The molecule has 1 saturated heterocycles. The molecule has 0 unspecified atom stereocenters. The maximum absolute atomic E-state index is 12.4. The van der Waals surface area contributed by atoms with Gasteiger partial charge in [0.15, 0.2) is 5.82 Å². The van der Waals surface area contributed by atoms with Crippen molar-refractivity contribution in [1.29, 1.82) is 0 Å². The van der Waals surface area contributed by atoms with Gasteiger partial charge >= 0.3 is 0 Å². The van der Waals surface area contributed by atoms with Crippen LogP contribution in [0.1, 0.15) is 44.5 Å². The molecule has 0 bridgehead atoms. The van der Waals surface area contributed by atoms with E-state index < -0.39 is 6.04 Å². The Bertz CT molecular complexity index is 565. The van der Waals surface area contributed by atoms with Crippen LogP contribution in [0.25, 0.3) is 0 Å². The van der Waals surface area contributed by atoms with Crippen molar-refractivity contribution >= 4 is 17.8 Å². The Morgan fingerprint density at radius 3 is 3.14 bits per heavy atom. The van der Waals surface area contributed by atoms with E-state index in [1.807, 2.05) is 6.92 Å². The average molecular weight is 307 g/mol. The summed E-state index contributed by atoms with van der Waals surface area (Å²) in [4.78, 5) is 28.4. The third kappa shape index (κ3) is 3.11. The van der Waals surface area contributed by atoms with Crippen LogP contribution in [0, 0.1) is 0 Å². The Balaban J connectivity index is 1.69. The number of fused-ring (bicyclic) bond motifs is 1. The van der Waals surface area contributed by atoms with Gasteiger partial charge < -0.3 is 10.1 Å². The van der Waals surface area contributed by atoms with E-state index >= 15 is 0 Å². The largest absolute Gasteiger partial charge is 0.376 e. The summed E-state index contributed by atoms with van der Waals surface area (Å²) in [7, 11) is 0. The van der Waals surface area contributed by atoms with Crippen molar-refractivity contribution < 1.29 is 14.3 Å². The van der Waals surface area contributed by atoms with Gasteiger partial charge in [-0.15, -0.1) is 0 Å². The van der Waals surface area contributed by atoms with E-state index in [-0.39, 0.29) is 24.3 Å². The van der Waals surface area contributed by atoms with Gasteiger partial charge in [-0.1, -0.05) is 6.92 Å². The number of aromatic nitrogens is 3. The molecule has 2 N–H and O–H groups in total. The van der Waals surface area contributed by atoms with Crippen molar-refractivity contribution in [3.63, 3.8) is 0 Å². The van der Waals surface area contributed by atoms with E-state index in [0.29, 0.717) is 18.3 Å². The molecule has 0 aliphatic carbocycles. The number of hydrogen-bond acceptors (Lipinski definition) is 5. The maximum Gasteiger partial charge on any atom is 0.245 e. The first-order valence-electron chi connectivity index (χ1n) is 7.82. The number of hydrogen-bond donors (Lipinski definition) is 2. The molecular formula is C14H21N5O3. The zero-order valence-electron chi connectivity index (χ0n) is 12.7. The lowest BCUT2D eigenvalue weighted by molar-refractivity contribution is -0.129. The fraction of sp³-hybridized carbons (Fsp3) is 0.714. The molecule has 0 radical (unpaired) electrons. The van der Waals surface area contributed by atoms with Crippen molar-refractivity contribution in [3.8, 4) is 0 Å². The number of ether oxygens (including phenoxy) is 1. The molecule has 2 atom stereocenters. The highest BCUT2D eigenvalue weighted by Gasteiger charge is 2.33. The molecule has 2 amide bonds. The molecule has 8 nitrogen and oxygen atoms in total. The van der Waals surface area contributed by atoms with Crippen LogP contribution in [0.2, 0.25) is 0 Å². The standard InChI is InChI=1S/C14H21N5O3/c1-2-4-11-16-14-17-12(20)7-10(19(14)18-11)13(21)15-8-9-5-3-6-22-9/h9-10H,2-8H2,1H3,(H,15,21)(H,16,17,18,20)/t9-,10+/m0/s1. The lowest BCUT2D eigenvalue weighted by Crippen LogP contribution is -2.41. The second kappa shape index (κ2) is 6.43. The van der Waals surface area contributed by atoms with Gasteiger partial charge in [-0.25, -0.2) is 4.68 Å². The van der Waals surface area contributed by atoms with Gasteiger partial charge in [-0.3, -0.25) is 14.9 Å². The maximum atomic E-state index is 12.4. The molecule has 3 heterocycles. The van der Waals surface area contributed by atoms with Crippen LogP contribution in [0.3, 0.4) is 0 Å². The van der Waals surface area contributed by atoms with Gasteiger partial charge in [-0.2, -0.15) is 10.1 Å². The van der Waals surface area contributed by atoms with Crippen LogP contribution < -0.4 is 10.6 Å². The van der Waals surface area contributed by atoms with Gasteiger partial charge in [-0.05, 0) is 19.3 Å². The summed E-state index contributed by atoms with van der Waals surface area (Å²) in [5.74, 6) is 0.591. The highest BCUT2D eigenvalue weighted by atomic mass is 16.5. The van der Waals surface area contributed by atoms with Gasteiger partial charge in [0.25, 0.3) is 0 Å². The molecule has 2 aliphatic heterocycles. The third-order valence-corrected chi connectivity index (χ3v) is 3.90. The first kappa shape index (κ1) is 15.0. The van der Waals surface area contributed by atoms with Gasteiger partial charge in [0.2, 0.25) is 17.8 Å². The topological polar surface area (TPSA) is 98.1 Å². The van der Waals surface area contributed by atoms with Gasteiger partial charge in [0.05, 0.1) is 12.5 Å². The molecule has 0 aromatic carbocycles. The Morgan fingerprint density at radius 2 is 2.41 bits per heavy atom. The van der Waals surface area contributed by atoms with Crippen LogP contribution in [-0.2, 0) is 20.7 Å². The number of aryl methyl sites for hydroxylation is 1. The number of rotatable bonds is 5. The Hall–Kier alpha value is -1.96. The van der Waals surface area contributed by atoms with Crippen molar-refractivity contribution in [3.05, 3.63) is 5.82 Å². The van der Waals surface area contributed by atoms with Gasteiger partial charge in [0, 0.05) is 19.6 Å². The monoisotopic (exact) mass is 307 g/mol. The molecular weight excluding hydrogens is 286 g/mol. The molecule has 0 spiro atoms. The van der Waals surface area contributed by atoms with Crippen LogP contribution in [-0.4, -0.2) is 45.8 Å². The number of carbonyl (C=O) groups excluding carboxylic acids is 2. The van der Waals surface area contributed by atoms with Gasteiger partial charge in [0.1, 0.15) is 6.04 Å². The number of nitrogens with one attached hydrogen (secondary N) is 2. The van der Waals surface area contributed by atoms with Crippen molar-refractivity contribution in [2.75, 3.05) is 18.5 Å². The summed E-state index contributed by atoms with van der Waals surface area (Å²) in [5, 5.41) is 9.89. The minimum Gasteiger partial charge on any atom is -0.376 e. The van der Waals surface area contributed by atoms with E-state index in [9.17, 15) is 9.59 Å². The highest BCUT2D eigenvalue weighted by molar-refractivity contribution is 5.96. The second-order valence-corrected chi connectivity index (χ2v) is 5.69. The summed E-state index contributed by atoms with van der Waals surface area (Å²) >= 11 is 0. The number of nitrogens with zero attached hydrogens (tertiary/aromatic N) is 3. The predicted octanol–water partition coefficient (Wildman–Crippen LogP) is 0.409. The van der Waals surface area contributed by atoms with Crippen molar-refractivity contribution in [2.45, 2.75) is 51.2 Å². The van der Waals surface area contributed by atoms with Crippen molar-refractivity contribution in [1.82, 2.24) is 20.1 Å². The zero-order chi connectivity index (χ0) is 15.5. The summed E-state index contributed by atoms with van der Waals surface area (Å²) in [5.41, 5.74) is 0. The Morgan fingerprint density at radius 1 is 1.55 bits per heavy atom. The molecule has 8 heteroatoms. The molecule has 1 aromatic rings. The van der Waals surface area contributed by atoms with Crippen LogP contribution in [0.5, 0.6) is 0 Å². The summed E-state index contributed by atoms with van der Waals surface area (Å²) in [6.07, 6.45) is 3.78. The van der Waals surface area contributed by atoms with E-state index in [1.165, 1.54) is 4.68 Å². The average Bonchev–Trinajstić information content (AvgIpc) is 3.13. The quantitative estimate of drug-likeness (QED) is 0.821. The summed E-state index contributed by atoms with van der Waals surface area (Å²) in [6.45, 7) is 3.26. The lowest BCUT2D eigenvalue weighted by atomic mass is 10.1. The molecule has 1 aromatic heterocycles. The van der Waals surface area contributed by atoms with Crippen LogP contribution >= 0.6 is 0 Å². The summed E-state index contributed by atoms with van der Waals surface area (Å²) in [6, 6.07) is -0.636. The molecule has 0 saturated carbocycles. The lowest BCUT2D eigenvalue weighted by Gasteiger charge is -2.23. The Kier molecular flexibility index (Phi) is 4.37. The zero-order valence-corrected chi connectivity index (χ0v) is 12.7. The van der Waals surface area contributed by atoms with Crippen LogP contribution in [0.15, 0.2) is 0 Å². The van der Waals surface area contributed by atoms with E-state index in [4.69, 9.17) is 4.74 Å². The fourth-order valence-electron chi connectivity index (χ4n) is 2.78.